The Kier molecular flexibility index (Phi) is 12.1. The van der Waals surface area contributed by atoms with Gasteiger partial charge in [-0.05, 0) is 104 Å². The van der Waals surface area contributed by atoms with Crippen molar-refractivity contribution in [2.45, 2.75) is 76.9 Å². The molecule has 300 valence electrons. The lowest BCUT2D eigenvalue weighted by molar-refractivity contribution is -0.121. The molecule has 2 saturated heterocycles. The van der Waals surface area contributed by atoms with E-state index < -0.39 is 11.0 Å². The van der Waals surface area contributed by atoms with Crippen LogP contribution in [-0.4, -0.2) is 82.9 Å². The normalized spacial score (nSPS) is 20.3. The van der Waals surface area contributed by atoms with Crippen molar-refractivity contribution < 1.29 is 23.3 Å². The van der Waals surface area contributed by atoms with Crippen molar-refractivity contribution in [3.63, 3.8) is 0 Å². The Hall–Kier alpha value is -4.94. The highest BCUT2D eigenvalue weighted by Crippen LogP contribution is 2.45. The molecule has 12 heteroatoms. The van der Waals surface area contributed by atoms with Crippen molar-refractivity contribution >= 4 is 51.0 Å². The van der Waals surface area contributed by atoms with Gasteiger partial charge in [-0.25, -0.2) is 8.51 Å². The minimum atomic E-state index is -1.00. The van der Waals surface area contributed by atoms with Gasteiger partial charge in [0.05, 0.1) is 22.2 Å². The number of hydrogen-bond acceptors (Lipinski definition) is 6. The van der Waals surface area contributed by atoms with Crippen LogP contribution in [0, 0.1) is 0 Å². The number of fused-ring (bicyclic) bond motifs is 1. The van der Waals surface area contributed by atoms with Crippen LogP contribution in [0.4, 0.5) is 11.4 Å². The third-order valence-corrected chi connectivity index (χ3v) is 13.1. The van der Waals surface area contributed by atoms with Crippen LogP contribution in [0.3, 0.4) is 0 Å². The van der Waals surface area contributed by atoms with Gasteiger partial charge in [0.2, 0.25) is 11.8 Å². The van der Waals surface area contributed by atoms with Crippen LogP contribution in [0.2, 0.25) is 0 Å². The quantitative estimate of drug-likeness (QED) is 0.193. The van der Waals surface area contributed by atoms with E-state index in [0.717, 1.165) is 90.0 Å². The van der Waals surface area contributed by atoms with Crippen molar-refractivity contribution in [2.24, 2.45) is 0 Å². The largest absolute Gasteiger partial charge is 0.489 e. The molecule has 4 aromatic rings. The third-order valence-electron chi connectivity index (χ3n) is 12.0. The highest BCUT2D eigenvalue weighted by atomic mass is 32.2. The van der Waals surface area contributed by atoms with Crippen molar-refractivity contribution in [2.75, 3.05) is 61.9 Å². The van der Waals surface area contributed by atoms with Crippen LogP contribution >= 0.6 is 0 Å². The molecule has 1 unspecified atom stereocenters. The molecule has 3 amide bonds. The first-order chi connectivity index (χ1) is 27.8. The fourth-order valence-corrected chi connectivity index (χ4v) is 9.72. The van der Waals surface area contributed by atoms with E-state index in [1.807, 2.05) is 45.6 Å². The molecule has 8 rings (SSSR count). The second-order valence-corrected chi connectivity index (χ2v) is 17.0. The van der Waals surface area contributed by atoms with Crippen LogP contribution in [0.15, 0.2) is 72.8 Å². The second-order valence-electron chi connectivity index (χ2n) is 15.7. The molecule has 1 aliphatic carbocycles. The molecule has 0 spiro atoms. The second kappa shape index (κ2) is 17.7. The summed E-state index contributed by atoms with van der Waals surface area (Å²) in [4.78, 5) is 43.8. The van der Waals surface area contributed by atoms with E-state index in [9.17, 15) is 18.6 Å². The summed E-state index contributed by atoms with van der Waals surface area (Å²) in [6.45, 7) is 5.22. The Bertz CT molecular complexity index is 2170. The monoisotopic (exact) mass is 790 g/mol. The zero-order chi connectivity index (χ0) is 39.3. The highest BCUT2D eigenvalue weighted by Gasteiger charge is 2.29. The SMILES string of the molecule is CS(=O)N1CCN(c2ccc(N3CCCC3=O)cc2COc2ccc(-c3c(C4CCCCC4)c4ccc5cc4n3CC(=O)NCC/C=C\CCNC5=O)cc2)CC1. The molecule has 3 aromatic carbocycles. The number of amides is 3. The molecule has 11 nitrogen and oxygen atoms in total. The van der Waals surface area contributed by atoms with Crippen LogP contribution in [0.5, 0.6) is 5.75 Å². The fourth-order valence-electron chi connectivity index (χ4n) is 9.04. The molecular weight excluding hydrogens is 737 g/mol. The Morgan fingerprint density at radius 2 is 1.53 bits per heavy atom. The molecule has 2 bridgehead atoms. The van der Waals surface area contributed by atoms with Crippen LogP contribution in [-0.2, 0) is 33.7 Å². The predicted octanol–water partition coefficient (Wildman–Crippen LogP) is 6.67. The third kappa shape index (κ3) is 8.67. The van der Waals surface area contributed by atoms with Gasteiger partial charge in [-0.3, -0.25) is 14.4 Å². The van der Waals surface area contributed by atoms with Gasteiger partial charge in [-0.2, -0.15) is 0 Å². The first-order valence-electron chi connectivity index (χ1n) is 20.7. The number of rotatable bonds is 8. The number of hydrogen-bond donors (Lipinski definition) is 2. The maximum atomic E-state index is 13.6. The van der Waals surface area contributed by atoms with Gasteiger partial charge in [0, 0.05) is 86.4 Å². The smallest absolute Gasteiger partial charge is 0.251 e. The van der Waals surface area contributed by atoms with Gasteiger partial charge in [0.25, 0.3) is 5.91 Å². The zero-order valence-electron chi connectivity index (χ0n) is 33.0. The molecule has 57 heavy (non-hydrogen) atoms. The Balaban J connectivity index is 1.12. The minimum Gasteiger partial charge on any atom is -0.489 e. The first-order valence-corrected chi connectivity index (χ1v) is 22.2. The van der Waals surface area contributed by atoms with E-state index in [1.165, 1.54) is 24.8 Å². The Morgan fingerprint density at radius 1 is 0.789 bits per heavy atom. The van der Waals surface area contributed by atoms with Gasteiger partial charge in [0.1, 0.15) is 18.9 Å². The van der Waals surface area contributed by atoms with E-state index in [0.29, 0.717) is 57.2 Å². The lowest BCUT2D eigenvalue weighted by Gasteiger charge is -2.36. The summed E-state index contributed by atoms with van der Waals surface area (Å²) in [5.41, 5.74) is 7.72. The lowest BCUT2D eigenvalue weighted by atomic mass is 9.81. The molecule has 2 N–H and O–H groups in total. The van der Waals surface area contributed by atoms with Gasteiger partial charge < -0.3 is 29.7 Å². The van der Waals surface area contributed by atoms with Crippen molar-refractivity contribution in [1.29, 1.82) is 0 Å². The van der Waals surface area contributed by atoms with Gasteiger partial charge in [-0.1, -0.05) is 37.5 Å². The molecule has 3 fully saturated rings. The topological polar surface area (TPSA) is 116 Å². The van der Waals surface area contributed by atoms with Gasteiger partial charge >= 0.3 is 0 Å². The van der Waals surface area contributed by atoms with Crippen LogP contribution in [0.1, 0.15) is 85.2 Å². The fraction of sp³-hybridized carbons (Fsp3) is 0.444. The Labute approximate surface area is 338 Å². The van der Waals surface area contributed by atoms with Gasteiger partial charge in [0.15, 0.2) is 0 Å². The predicted molar refractivity (Wildman–Crippen MR) is 227 cm³/mol. The molecule has 1 aromatic heterocycles. The molecule has 3 aliphatic heterocycles. The molecule has 4 heterocycles. The van der Waals surface area contributed by atoms with Crippen LogP contribution in [0.25, 0.3) is 22.2 Å². The highest BCUT2D eigenvalue weighted by molar-refractivity contribution is 7.81. The summed E-state index contributed by atoms with van der Waals surface area (Å²) in [5.74, 6) is 1.04. The summed E-state index contributed by atoms with van der Waals surface area (Å²) in [6.07, 6.45) is 14.5. The molecule has 1 saturated carbocycles. The number of carbonyl (C=O) groups is 3. The van der Waals surface area contributed by atoms with E-state index in [-0.39, 0.29) is 24.3 Å². The molecular formula is C45H54N6O5S. The van der Waals surface area contributed by atoms with E-state index >= 15 is 0 Å². The number of piperazine rings is 1. The van der Waals surface area contributed by atoms with Crippen molar-refractivity contribution in [3.05, 3.63) is 89.5 Å². The maximum absolute atomic E-state index is 13.6. The first kappa shape index (κ1) is 38.9. The number of carbonyl (C=O) groups excluding carboxylic acids is 3. The van der Waals surface area contributed by atoms with Gasteiger partial charge in [-0.15, -0.1) is 0 Å². The minimum absolute atomic E-state index is 0.0561. The summed E-state index contributed by atoms with van der Waals surface area (Å²) in [6, 6.07) is 20.4. The number of nitrogens with zero attached hydrogens (tertiary/aromatic N) is 4. The summed E-state index contributed by atoms with van der Waals surface area (Å²) in [7, 11) is -1.00. The number of aromatic nitrogens is 1. The Morgan fingerprint density at radius 3 is 2.25 bits per heavy atom. The summed E-state index contributed by atoms with van der Waals surface area (Å²) >= 11 is 0. The number of nitrogens with one attached hydrogen (secondary N) is 2. The summed E-state index contributed by atoms with van der Waals surface area (Å²) in [5, 5.41) is 7.29. The lowest BCUT2D eigenvalue weighted by Crippen LogP contribution is -2.47. The zero-order valence-corrected chi connectivity index (χ0v) is 33.8. The van der Waals surface area contributed by atoms with E-state index in [1.54, 1.807) is 6.26 Å². The molecule has 4 aliphatic rings. The van der Waals surface area contributed by atoms with E-state index in [4.69, 9.17) is 4.74 Å². The average Bonchev–Trinajstić information content (AvgIpc) is 3.81. The molecule has 0 radical (unpaired) electrons. The van der Waals surface area contributed by atoms with E-state index in [2.05, 4.69) is 56.5 Å². The summed E-state index contributed by atoms with van der Waals surface area (Å²) < 4.78 is 22.8. The molecule has 1 atom stereocenters. The number of benzene rings is 3. The maximum Gasteiger partial charge on any atom is 0.251 e. The van der Waals surface area contributed by atoms with Crippen molar-refractivity contribution in [1.82, 2.24) is 19.5 Å². The standard InChI is InChI=1S/C45H54N6O5S/c1-57(55)49-26-24-48(25-27-49)39-20-16-36(50-23-9-12-42(50)53)28-35(39)31-56-37-17-13-33(14-18-37)44-43(32-10-5-4-6-11-32)38-19-15-34-29-40(38)51(44)30-41(52)46-21-7-2-3-8-22-47-45(34)54/h2-3,13-20,28-29,32H,4-12,21-27,30-31H2,1H3,(H,46,52)(H,47,54)/b3-2-. The number of ether oxygens (including phenoxy) is 1. The number of anilines is 2. The van der Waals surface area contributed by atoms with Crippen LogP contribution < -0.4 is 25.2 Å². The average molecular weight is 791 g/mol. The van der Waals surface area contributed by atoms with Crippen molar-refractivity contribution in [3.8, 4) is 17.0 Å².